The van der Waals surface area contributed by atoms with Crippen LogP contribution < -0.4 is 5.32 Å². The van der Waals surface area contributed by atoms with Gasteiger partial charge in [-0.05, 0) is 67.9 Å². The van der Waals surface area contributed by atoms with Crippen LogP contribution in [0.25, 0.3) is 0 Å². The van der Waals surface area contributed by atoms with E-state index in [1.54, 1.807) is 33.5 Å². The number of nitrogens with one attached hydrogen (secondary N) is 1. The van der Waals surface area contributed by atoms with Gasteiger partial charge >= 0.3 is 6.03 Å². The summed E-state index contributed by atoms with van der Waals surface area (Å²) in [5.41, 5.74) is 1.93. The van der Waals surface area contributed by atoms with E-state index in [2.05, 4.69) is 17.4 Å². The van der Waals surface area contributed by atoms with E-state index in [1.807, 2.05) is 18.2 Å². The first-order chi connectivity index (χ1) is 14.5. The number of carbonyl (C=O) groups is 1. The topological polar surface area (TPSA) is 69.7 Å². The first-order valence-corrected chi connectivity index (χ1v) is 12.2. The molecule has 2 saturated heterocycles. The van der Waals surface area contributed by atoms with Crippen molar-refractivity contribution in [3.8, 4) is 0 Å². The second-order valence-corrected chi connectivity index (χ2v) is 10.1. The molecule has 2 aromatic carbocycles. The Morgan fingerprint density at radius 3 is 2.17 bits per heavy atom. The Hall–Kier alpha value is -2.38. The highest BCUT2D eigenvalue weighted by atomic mass is 32.2. The van der Waals surface area contributed by atoms with E-state index in [1.165, 1.54) is 5.56 Å². The summed E-state index contributed by atoms with van der Waals surface area (Å²) in [6, 6.07) is 16.8. The molecule has 0 spiro atoms. The fourth-order valence-electron chi connectivity index (χ4n) is 4.28. The number of nitrogens with zero attached hydrogens (tertiary/aromatic N) is 2. The van der Waals surface area contributed by atoms with Crippen LogP contribution in [0.5, 0.6) is 0 Å². The van der Waals surface area contributed by atoms with Crippen LogP contribution in [0.15, 0.2) is 59.5 Å². The standard InChI is InChI=1S/C23H29N3O3S/c27-23(25-14-4-5-15-25)24-21-8-10-22(11-9-21)30(28,29)26-16-12-20(13-17-26)18-19-6-2-1-3-7-19/h1-3,6-11,20H,4-5,12-18H2,(H,24,27). The molecule has 0 bridgehead atoms. The van der Waals surface area contributed by atoms with Gasteiger partial charge in [-0.2, -0.15) is 4.31 Å². The lowest BCUT2D eigenvalue weighted by Crippen LogP contribution is -2.38. The third-order valence-corrected chi connectivity index (χ3v) is 7.99. The SMILES string of the molecule is O=C(Nc1ccc(S(=O)(=O)N2CCC(Cc3ccccc3)CC2)cc1)N1CCCC1. The number of benzene rings is 2. The maximum absolute atomic E-state index is 13.0. The highest BCUT2D eigenvalue weighted by Crippen LogP contribution is 2.27. The van der Waals surface area contributed by atoms with Gasteiger partial charge < -0.3 is 10.2 Å². The van der Waals surface area contributed by atoms with E-state index in [9.17, 15) is 13.2 Å². The Morgan fingerprint density at radius 2 is 1.53 bits per heavy atom. The van der Waals surface area contributed by atoms with Gasteiger partial charge in [-0.15, -0.1) is 0 Å². The van der Waals surface area contributed by atoms with Gasteiger partial charge in [-0.25, -0.2) is 13.2 Å². The van der Waals surface area contributed by atoms with Gasteiger partial charge in [0.25, 0.3) is 0 Å². The predicted molar refractivity (Wildman–Crippen MR) is 118 cm³/mol. The van der Waals surface area contributed by atoms with Crippen molar-refractivity contribution in [3.63, 3.8) is 0 Å². The number of anilines is 1. The summed E-state index contributed by atoms with van der Waals surface area (Å²) < 4.78 is 27.6. The van der Waals surface area contributed by atoms with Gasteiger partial charge in [0.15, 0.2) is 0 Å². The molecule has 0 atom stereocenters. The van der Waals surface area contributed by atoms with Gasteiger partial charge in [0.05, 0.1) is 4.90 Å². The largest absolute Gasteiger partial charge is 0.325 e. The molecular formula is C23H29N3O3S. The van der Waals surface area contributed by atoms with Crippen LogP contribution in [0.3, 0.4) is 0 Å². The Bertz CT molecular complexity index is 947. The fourth-order valence-corrected chi connectivity index (χ4v) is 5.75. The summed E-state index contributed by atoms with van der Waals surface area (Å²) in [5, 5.41) is 2.85. The van der Waals surface area contributed by atoms with Gasteiger partial charge in [-0.1, -0.05) is 30.3 Å². The van der Waals surface area contributed by atoms with Crippen molar-refractivity contribution in [2.45, 2.75) is 37.0 Å². The number of carbonyl (C=O) groups excluding carboxylic acids is 1. The van der Waals surface area contributed by atoms with Gasteiger partial charge in [0.1, 0.15) is 0 Å². The molecule has 0 saturated carbocycles. The van der Waals surface area contributed by atoms with Gasteiger partial charge in [0, 0.05) is 31.9 Å². The summed E-state index contributed by atoms with van der Waals surface area (Å²) >= 11 is 0. The number of piperidine rings is 1. The lowest BCUT2D eigenvalue weighted by Gasteiger charge is -2.31. The first-order valence-electron chi connectivity index (χ1n) is 10.7. The number of urea groups is 1. The highest BCUT2D eigenvalue weighted by Gasteiger charge is 2.29. The first kappa shape index (κ1) is 20.9. The third-order valence-electron chi connectivity index (χ3n) is 6.08. The summed E-state index contributed by atoms with van der Waals surface area (Å²) in [5.74, 6) is 0.516. The van der Waals surface area contributed by atoms with Crippen molar-refractivity contribution in [2.24, 2.45) is 5.92 Å². The average molecular weight is 428 g/mol. The minimum absolute atomic E-state index is 0.122. The summed E-state index contributed by atoms with van der Waals surface area (Å²) in [6.07, 6.45) is 4.82. The molecule has 2 fully saturated rings. The molecular weight excluding hydrogens is 398 g/mol. The van der Waals surface area contributed by atoms with Crippen LogP contribution in [0.2, 0.25) is 0 Å². The molecule has 7 heteroatoms. The second kappa shape index (κ2) is 9.18. The average Bonchev–Trinajstić information content (AvgIpc) is 3.30. The number of rotatable bonds is 5. The lowest BCUT2D eigenvalue weighted by atomic mass is 9.91. The van der Waals surface area contributed by atoms with Crippen LogP contribution >= 0.6 is 0 Å². The monoisotopic (exact) mass is 427 g/mol. The molecule has 2 amide bonds. The van der Waals surface area contributed by atoms with Gasteiger partial charge in [-0.3, -0.25) is 0 Å². The zero-order valence-corrected chi connectivity index (χ0v) is 18.0. The minimum Gasteiger partial charge on any atom is -0.325 e. The van der Waals surface area contributed by atoms with Crippen molar-refractivity contribution < 1.29 is 13.2 Å². The summed E-state index contributed by atoms with van der Waals surface area (Å²) in [4.78, 5) is 14.3. The van der Waals surface area contributed by atoms with Crippen molar-refractivity contribution in [1.29, 1.82) is 0 Å². The molecule has 1 N–H and O–H groups in total. The van der Waals surface area contributed by atoms with Crippen LogP contribution in [0.1, 0.15) is 31.2 Å². The molecule has 2 aliphatic heterocycles. The van der Waals surface area contributed by atoms with Crippen molar-refractivity contribution in [3.05, 3.63) is 60.2 Å². The molecule has 2 aromatic rings. The Balaban J connectivity index is 1.33. The fraction of sp³-hybridized carbons (Fsp3) is 0.435. The maximum atomic E-state index is 13.0. The summed E-state index contributed by atoms with van der Waals surface area (Å²) in [7, 11) is -3.51. The molecule has 0 aliphatic carbocycles. The molecule has 4 rings (SSSR count). The molecule has 0 radical (unpaired) electrons. The quantitative estimate of drug-likeness (QED) is 0.785. The summed E-state index contributed by atoms with van der Waals surface area (Å²) in [6.45, 7) is 2.65. The van der Waals surface area contributed by atoms with Crippen LogP contribution in [0.4, 0.5) is 10.5 Å². The van der Waals surface area contributed by atoms with Crippen LogP contribution in [0, 0.1) is 5.92 Å². The molecule has 160 valence electrons. The second-order valence-electron chi connectivity index (χ2n) is 8.19. The van der Waals surface area contributed by atoms with E-state index in [4.69, 9.17) is 0 Å². The molecule has 0 unspecified atom stereocenters. The normalized spacial score (nSPS) is 18.5. The highest BCUT2D eigenvalue weighted by molar-refractivity contribution is 7.89. The smallest absolute Gasteiger partial charge is 0.321 e. The van der Waals surface area contributed by atoms with Crippen LogP contribution in [-0.2, 0) is 16.4 Å². The van der Waals surface area contributed by atoms with Crippen molar-refractivity contribution in [1.82, 2.24) is 9.21 Å². The Labute approximate surface area is 178 Å². The Morgan fingerprint density at radius 1 is 0.900 bits per heavy atom. The maximum Gasteiger partial charge on any atom is 0.321 e. The molecule has 2 heterocycles. The van der Waals surface area contributed by atoms with E-state index in [-0.39, 0.29) is 10.9 Å². The minimum atomic E-state index is -3.51. The molecule has 0 aromatic heterocycles. The number of amides is 2. The van der Waals surface area contributed by atoms with Crippen LogP contribution in [-0.4, -0.2) is 49.8 Å². The number of likely N-dealkylation sites (tertiary alicyclic amines) is 1. The predicted octanol–water partition coefficient (Wildman–Crippen LogP) is 3.96. The zero-order valence-electron chi connectivity index (χ0n) is 17.2. The number of hydrogen-bond acceptors (Lipinski definition) is 3. The van der Waals surface area contributed by atoms with E-state index < -0.39 is 10.0 Å². The lowest BCUT2D eigenvalue weighted by molar-refractivity contribution is 0.222. The van der Waals surface area contributed by atoms with Gasteiger partial charge in [0.2, 0.25) is 10.0 Å². The molecule has 30 heavy (non-hydrogen) atoms. The molecule has 2 aliphatic rings. The Kier molecular flexibility index (Phi) is 6.39. The zero-order chi connectivity index (χ0) is 21.0. The van der Waals surface area contributed by atoms with E-state index in [0.29, 0.717) is 24.7 Å². The number of sulfonamides is 1. The van der Waals surface area contributed by atoms with Crippen molar-refractivity contribution in [2.75, 3.05) is 31.5 Å². The van der Waals surface area contributed by atoms with Crippen molar-refractivity contribution >= 4 is 21.7 Å². The third kappa shape index (κ3) is 4.84. The molecule has 6 nitrogen and oxygen atoms in total. The van der Waals surface area contributed by atoms with E-state index >= 15 is 0 Å². The number of hydrogen-bond donors (Lipinski definition) is 1. The van der Waals surface area contributed by atoms with E-state index in [0.717, 1.165) is 45.2 Å².